The summed E-state index contributed by atoms with van der Waals surface area (Å²) in [6.45, 7) is 2.03. The highest BCUT2D eigenvalue weighted by atomic mass is 16.5. The number of aliphatic hydroxyl groups is 1. The van der Waals surface area contributed by atoms with Gasteiger partial charge in [-0.3, -0.25) is 9.69 Å². The van der Waals surface area contributed by atoms with Crippen LogP contribution in [0.15, 0.2) is 42.2 Å². The quantitative estimate of drug-likeness (QED) is 0.854. The van der Waals surface area contributed by atoms with Gasteiger partial charge in [-0.05, 0) is 18.1 Å². The molecule has 5 nitrogen and oxygen atoms in total. The van der Waals surface area contributed by atoms with Crippen molar-refractivity contribution in [3.8, 4) is 0 Å². The summed E-state index contributed by atoms with van der Waals surface area (Å²) in [6, 6.07) is 9.59. The van der Waals surface area contributed by atoms with E-state index >= 15 is 0 Å². The molecule has 0 bridgehead atoms. The lowest BCUT2D eigenvalue weighted by Crippen LogP contribution is -2.49. The van der Waals surface area contributed by atoms with Gasteiger partial charge < -0.3 is 14.6 Å². The van der Waals surface area contributed by atoms with Crippen molar-refractivity contribution in [3.63, 3.8) is 0 Å². The van der Waals surface area contributed by atoms with Gasteiger partial charge in [0.1, 0.15) is 17.9 Å². The summed E-state index contributed by atoms with van der Waals surface area (Å²) in [5.41, 5.74) is 0.443. The average Bonchev–Trinajstić information content (AvgIpc) is 3.10. The van der Waals surface area contributed by atoms with E-state index in [-0.39, 0.29) is 19.1 Å². The highest BCUT2D eigenvalue weighted by Gasteiger charge is 2.48. The standard InChI is InChI=1S/C16H19NO4/c18-14-6-8-17(16(14)7-9-20-12-16)10-15(19)21-11-13-4-2-1-3-5-13/h1-6,18H,7-12H2. The van der Waals surface area contributed by atoms with Gasteiger partial charge in [-0.15, -0.1) is 0 Å². The number of carbonyl (C=O) groups excluding carboxylic acids is 1. The van der Waals surface area contributed by atoms with Gasteiger partial charge in [-0.1, -0.05) is 30.3 Å². The van der Waals surface area contributed by atoms with E-state index < -0.39 is 5.54 Å². The van der Waals surface area contributed by atoms with Gasteiger partial charge in [0.2, 0.25) is 0 Å². The zero-order valence-electron chi connectivity index (χ0n) is 11.8. The third kappa shape index (κ3) is 2.80. The fourth-order valence-electron chi connectivity index (χ4n) is 2.88. The molecule has 1 saturated heterocycles. The number of benzene rings is 1. The maximum absolute atomic E-state index is 12.0. The SMILES string of the molecule is O=C(CN1CC=C(O)C12CCOC2)OCc1ccccc1. The number of ether oxygens (including phenoxy) is 2. The third-order valence-corrected chi connectivity index (χ3v) is 4.15. The predicted molar refractivity (Wildman–Crippen MR) is 76.7 cm³/mol. The largest absolute Gasteiger partial charge is 0.511 e. The van der Waals surface area contributed by atoms with Crippen molar-refractivity contribution >= 4 is 5.97 Å². The van der Waals surface area contributed by atoms with E-state index in [9.17, 15) is 9.90 Å². The van der Waals surface area contributed by atoms with Gasteiger partial charge in [0, 0.05) is 13.2 Å². The van der Waals surface area contributed by atoms with Gasteiger partial charge in [0.05, 0.1) is 13.2 Å². The van der Waals surface area contributed by atoms with Crippen LogP contribution in [0.2, 0.25) is 0 Å². The van der Waals surface area contributed by atoms with Crippen molar-refractivity contribution in [2.75, 3.05) is 26.3 Å². The molecule has 2 aliphatic heterocycles. The van der Waals surface area contributed by atoms with Crippen molar-refractivity contribution in [2.24, 2.45) is 0 Å². The van der Waals surface area contributed by atoms with E-state index in [1.807, 2.05) is 35.2 Å². The molecule has 0 amide bonds. The molecule has 112 valence electrons. The van der Waals surface area contributed by atoms with Gasteiger partial charge in [-0.2, -0.15) is 0 Å². The van der Waals surface area contributed by atoms with Crippen LogP contribution in [0, 0.1) is 0 Å². The zero-order valence-corrected chi connectivity index (χ0v) is 11.8. The minimum Gasteiger partial charge on any atom is -0.511 e. The Bertz CT molecular complexity index is 534. The molecule has 1 N–H and O–H groups in total. The third-order valence-electron chi connectivity index (χ3n) is 4.15. The molecule has 1 spiro atoms. The molecule has 1 aromatic rings. The predicted octanol–water partition coefficient (Wildman–Crippen LogP) is 1.65. The highest BCUT2D eigenvalue weighted by Crippen LogP contribution is 2.36. The minimum atomic E-state index is -0.522. The van der Waals surface area contributed by atoms with Crippen LogP contribution >= 0.6 is 0 Å². The molecule has 0 radical (unpaired) electrons. The van der Waals surface area contributed by atoms with E-state index in [0.717, 1.165) is 5.56 Å². The Morgan fingerprint density at radius 3 is 2.90 bits per heavy atom. The van der Waals surface area contributed by atoms with Crippen molar-refractivity contribution < 1.29 is 19.4 Å². The summed E-state index contributed by atoms with van der Waals surface area (Å²) >= 11 is 0. The maximum Gasteiger partial charge on any atom is 0.320 e. The average molecular weight is 289 g/mol. The van der Waals surface area contributed by atoms with E-state index in [1.54, 1.807) is 6.08 Å². The Kier molecular flexibility index (Phi) is 3.94. The first-order valence-corrected chi connectivity index (χ1v) is 7.13. The molecule has 1 unspecified atom stereocenters. The molecule has 1 atom stereocenters. The van der Waals surface area contributed by atoms with Crippen LogP contribution in [0.5, 0.6) is 0 Å². The van der Waals surface area contributed by atoms with Crippen molar-refractivity contribution in [3.05, 3.63) is 47.7 Å². The lowest BCUT2D eigenvalue weighted by atomic mass is 9.96. The summed E-state index contributed by atoms with van der Waals surface area (Å²) in [5.74, 6) is 0.0316. The number of rotatable bonds is 4. The monoisotopic (exact) mass is 289 g/mol. The molecule has 0 aromatic heterocycles. The molecule has 0 saturated carbocycles. The Hall–Kier alpha value is -1.85. The first kappa shape index (κ1) is 14.1. The molecule has 3 rings (SSSR count). The molecular weight excluding hydrogens is 270 g/mol. The minimum absolute atomic E-state index is 0.163. The van der Waals surface area contributed by atoms with Crippen molar-refractivity contribution in [2.45, 2.75) is 18.6 Å². The number of aliphatic hydroxyl groups excluding tert-OH is 1. The van der Waals surface area contributed by atoms with Crippen LogP contribution in [0.1, 0.15) is 12.0 Å². The first-order valence-electron chi connectivity index (χ1n) is 7.13. The second kappa shape index (κ2) is 5.87. The fourth-order valence-corrected chi connectivity index (χ4v) is 2.88. The van der Waals surface area contributed by atoms with E-state index in [2.05, 4.69) is 0 Å². The Morgan fingerprint density at radius 1 is 1.38 bits per heavy atom. The van der Waals surface area contributed by atoms with Gasteiger partial charge in [-0.25, -0.2) is 0 Å². The normalized spacial score (nSPS) is 25.2. The number of esters is 1. The fraction of sp³-hybridized carbons (Fsp3) is 0.438. The van der Waals surface area contributed by atoms with Crippen LogP contribution < -0.4 is 0 Å². The van der Waals surface area contributed by atoms with Crippen LogP contribution in [-0.2, 0) is 20.9 Å². The lowest BCUT2D eigenvalue weighted by Gasteiger charge is -2.33. The summed E-state index contributed by atoms with van der Waals surface area (Å²) in [7, 11) is 0. The second-order valence-electron chi connectivity index (χ2n) is 5.45. The topological polar surface area (TPSA) is 59.0 Å². The molecule has 5 heteroatoms. The zero-order chi connectivity index (χ0) is 14.7. The van der Waals surface area contributed by atoms with Gasteiger partial charge in [0.25, 0.3) is 0 Å². The molecule has 2 heterocycles. The Balaban J connectivity index is 1.56. The van der Waals surface area contributed by atoms with Crippen molar-refractivity contribution in [1.29, 1.82) is 0 Å². The van der Waals surface area contributed by atoms with E-state index in [4.69, 9.17) is 9.47 Å². The molecular formula is C16H19NO4. The van der Waals surface area contributed by atoms with Crippen LogP contribution in [-0.4, -0.2) is 47.8 Å². The smallest absolute Gasteiger partial charge is 0.320 e. The van der Waals surface area contributed by atoms with Crippen molar-refractivity contribution in [1.82, 2.24) is 4.90 Å². The molecule has 1 aromatic carbocycles. The summed E-state index contributed by atoms with van der Waals surface area (Å²) < 4.78 is 10.7. The van der Waals surface area contributed by atoms with Crippen LogP contribution in [0.25, 0.3) is 0 Å². The highest BCUT2D eigenvalue weighted by molar-refractivity contribution is 5.72. The van der Waals surface area contributed by atoms with Crippen LogP contribution in [0.4, 0.5) is 0 Å². The number of hydrogen-bond acceptors (Lipinski definition) is 5. The molecule has 21 heavy (non-hydrogen) atoms. The summed E-state index contributed by atoms with van der Waals surface area (Å²) in [6.07, 6.45) is 2.46. The number of nitrogens with zero attached hydrogens (tertiary/aromatic N) is 1. The molecule has 0 aliphatic carbocycles. The first-order chi connectivity index (χ1) is 10.2. The molecule has 1 fully saturated rings. The number of hydrogen-bond donors (Lipinski definition) is 1. The second-order valence-corrected chi connectivity index (χ2v) is 5.45. The lowest BCUT2D eigenvalue weighted by molar-refractivity contribution is -0.147. The molecule has 2 aliphatic rings. The van der Waals surface area contributed by atoms with Crippen LogP contribution in [0.3, 0.4) is 0 Å². The van der Waals surface area contributed by atoms with E-state index in [1.165, 1.54) is 0 Å². The van der Waals surface area contributed by atoms with E-state index in [0.29, 0.717) is 31.9 Å². The van der Waals surface area contributed by atoms with Gasteiger partial charge in [0.15, 0.2) is 0 Å². The Morgan fingerprint density at radius 2 is 2.19 bits per heavy atom. The maximum atomic E-state index is 12.0. The van der Waals surface area contributed by atoms with Gasteiger partial charge >= 0.3 is 5.97 Å². The summed E-state index contributed by atoms with van der Waals surface area (Å²) in [4.78, 5) is 13.9. The Labute approximate surface area is 123 Å². The summed E-state index contributed by atoms with van der Waals surface area (Å²) in [5, 5.41) is 10.1. The number of carbonyl (C=O) groups is 1.